The fourth-order valence-corrected chi connectivity index (χ4v) is 2.54. The third kappa shape index (κ3) is 5.61. The number of carbonyl (C=O) groups excluding carboxylic acids is 3. The monoisotopic (exact) mass is 361 g/mol. The molecule has 0 radical (unpaired) electrons. The maximum absolute atomic E-state index is 12.2. The molecule has 25 heavy (non-hydrogen) atoms. The number of anilines is 2. The molecular formula is C17H19N3O4S. The van der Waals surface area contributed by atoms with E-state index >= 15 is 0 Å². The molecule has 0 spiro atoms. The van der Waals surface area contributed by atoms with Gasteiger partial charge in [0.25, 0.3) is 5.91 Å². The van der Waals surface area contributed by atoms with Crippen molar-refractivity contribution in [3.63, 3.8) is 0 Å². The highest BCUT2D eigenvalue weighted by molar-refractivity contribution is 7.12. The standard InChI is InChI=1S/C17H19N3O4S/c1-3-24-17(23)20-13-8-6-12(7-9-13)19-15(21)11(2)18-16(22)14-5-4-10-25-14/h4-11H,3H2,1-2H3,(H,18,22)(H,19,21)(H,20,23)/t11-/m1/s1. The van der Waals surface area contributed by atoms with Crippen molar-refractivity contribution in [1.29, 1.82) is 0 Å². The number of ether oxygens (including phenoxy) is 1. The van der Waals surface area contributed by atoms with Crippen LogP contribution in [0.2, 0.25) is 0 Å². The van der Waals surface area contributed by atoms with Crippen molar-refractivity contribution in [3.8, 4) is 0 Å². The Morgan fingerprint density at radius 3 is 2.28 bits per heavy atom. The Balaban J connectivity index is 1.87. The van der Waals surface area contributed by atoms with E-state index in [0.29, 0.717) is 16.3 Å². The third-order valence-electron chi connectivity index (χ3n) is 3.16. The van der Waals surface area contributed by atoms with Crippen LogP contribution in [0.4, 0.5) is 16.2 Å². The summed E-state index contributed by atoms with van der Waals surface area (Å²) in [5, 5.41) is 9.70. The summed E-state index contributed by atoms with van der Waals surface area (Å²) < 4.78 is 4.78. The first-order valence-electron chi connectivity index (χ1n) is 7.68. The normalized spacial score (nSPS) is 11.3. The minimum Gasteiger partial charge on any atom is -0.450 e. The number of benzene rings is 1. The van der Waals surface area contributed by atoms with Gasteiger partial charge in [-0.25, -0.2) is 4.79 Å². The number of nitrogens with one attached hydrogen (secondary N) is 3. The zero-order valence-electron chi connectivity index (χ0n) is 13.9. The maximum Gasteiger partial charge on any atom is 0.411 e. The van der Waals surface area contributed by atoms with Gasteiger partial charge in [-0.2, -0.15) is 0 Å². The van der Waals surface area contributed by atoms with Gasteiger partial charge in [-0.3, -0.25) is 14.9 Å². The Hall–Kier alpha value is -2.87. The molecule has 1 aromatic heterocycles. The molecule has 0 aliphatic heterocycles. The van der Waals surface area contributed by atoms with Crippen LogP contribution in [0, 0.1) is 0 Å². The van der Waals surface area contributed by atoms with E-state index in [9.17, 15) is 14.4 Å². The van der Waals surface area contributed by atoms with Crippen molar-refractivity contribution in [3.05, 3.63) is 46.7 Å². The van der Waals surface area contributed by atoms with E-state index in [0.717, 1.165) is 0 Å². The van der Waals surface area contributed by atoms with Gasteiger partial charge in [-0.05, 0) is 49.6 Å². The molecule has 0 aliphatic rings. The predicted octanol–water partition coefficient (Wildman–Crippen LogP) is 3.07. The van der Waals surface area contributed by atoms with Crippen LogP contribution in [0.3, 0.4) is 0 Å². The molecule has 8 heteroatoms. The molecule has 3 amide bonds. The molecule has 0 saturated heterocycles. The summed E-state index contributed by atoms with van der Waals surface area (Å²) in [6.45, 7) is 3.61. The van der Waals surface area contributed by atoms with Crippen molar-refractivity contribution >= 4 is 40.6 Å². The lowest BCUT2D eigenvalue weighted by atomic mass is 10.2. The van der Waals surface area contributed by atoms with Gasteiger partial charge in [0.2, 0.25) is 5.91 Å². The van der Waals surface area contributed by atoms with Gasteiger partial charge in [0.15, 0.2) is 0 Å². The SMILES string of the molecule is CCOC(=O)Nc1ccc(NC(=O)[C@@H](C)NC(=O)c2cccs2)cc1. The quantitative estimate of drug-likeness (QED) is 0.737. The summed E-state index contributed by atoms with van der Waals surface area (Å²) in [5.41, 5.74) is 1.10. The first kappa shape index (κ1) is 18.5. The van der Waals surface area contributed by atoms with Crippen LogP contribution in [0.25, 0.3) is 0 Å². The summed E-state index contributed by atoms with van der Waals surface area (Å²) in [6, 6.07) is 9.35. The molecule has 0 fully saturated rings. The highest BCUT2D eigenvalue weighted by Gasteiger charge is 2.17. The Kier molecular flexibility index (Phi) is 6.53. The fraction of sp³-hybridized carbons (Fsp3) is 0.235. The van der Waals surface area contributed by atoms with Gasteiger partial charge in [-0.1, -0.05) is 6.07 Å². The van der Waals surface area contributed by atoms with Crippen molar-refractivity contribution in [2.24, 2.45) is 0 Å². The zero-order chi connectivity index (χ0) is 18.2. The first-order chi connectivity index (χ1) is 12.0. The molecule has 2 aromatic rings. The van der Waals surface area contributed by atoms with E-state index < -0.39 is 12.1 Å². The van der Waals surface area contributed by atoms with Gasteiger partial charge in [0.05, 0.1) is 11.5 Å². The highest BCUT2D eigenvalue weighted by atomic mass is 32.1. The summed E-state index contributed by atoms with van der Waals surface area (Å²) in [6.07, 6.45) is -0.538. The lowest BCUT2D eigenvalue weighted by Crippen LogP contribution is -2.41. The fourth-order valence-electron chi connectivity index (χ4n) is 1.91. The number of amides is 3. The van der Waals surface area contributed by atoms with Crippen molar-refractivity contribution < 1.29 is 19.1 Å². The van der Waals surface area contributed by atoms with Crippen molar-refractivity contribution in [2.45, 2.75) is 19.9 Å². The molecule has 0 aliphatic carbocycles. The van der Waals surface area contributed by atoms with Crippen LogP contribution < -0.4 is 16.0 Å². The smallest absolute Gasteiger partial charge is 0.411 e. The van der Waals surface area contributed by atoms with Crippen molar-refractivity contribution in [2.75, 3.05) is 17.2 Å². The Bertz CT molecular complexity index is 729. The zero-order valence-corrected chi connectivity index (χ0v) is 14.7. The minimum absolute atomic E-state index is 0.286. The van der Waals surface area contributed by atoms with Gasteiger partial charge in [0.1, 0.15) is 6.04 Å². The molecule has 1 atom stereocenters. The average molecular weight is 361 g/mol. The van der Waals surface area contributed by atoms with E-state index in [1.807, 2.05) is 0 Å². The Morgan fingerprint density at radius 2 is 1.72 bits per heavy atom. The van der Waals surface area contributed by atoms with Crippen LogP contribution in [-0.4, -0.2) is 30.6 Å². The molecule has 0 bridgehead atoms. The van der Waals surface area contributed by atoms with E-state index in [1.54, 1.807) is 55.6 Å². The topological polar surface area (TPSA) is 96.5 Å². The second kappa shape index (κ2) is 8.84. The predicted molar refractivity (Wildman–Crippen MR) is 97.0 cm³/mol. The maximum atomic E-state index is 12.2. The lowest BCUT2D eigenvalue weighted by molar-refractivity contribution is -0.117. The van der Waals surface area contributed by atoms with Gasteiger partial charge < -0.3 is 15.4 Å². The van der Waals surface area contributed by atoms with Crippen LogP contribution >= 0.6 is 11.3 Å². The van der Waals surface area contributed by atoms with Crippen molar-refractivity contribution in [1.82, 2.24) is 5.32 Å². The Morgan fingerprint density at radius 1 is 1.08 bits per heavy atom. The van der Waals surface area contributed by atoms with Gasteiger partial charge >= 0.3 is 6.09 Å². The van der Waals surface area contributed by atoms with Crippen LogP contribution in [0.1, 0.15) is 23.5 Å². The summed E-state index contributed by atoms with van der Waals surface area (Å²) in [5.74, 6) is -0.623. The van der Waals surface area contributed by atoms with Crippen LogP contribution in [0.5, 0.6) is 0 Å². The van der Waals surface area contributed by atoms with Crippen LogP contribution in [0.15, 0.2) is 41.8 Å². The molecule has 3 N–H and O–H groups in total. The second-order valence-corrected chi connectivity index (χ2v) is 6.03. The van der Waals surface area contributed by atoms with E-state index in [-0.39, 0.29) is 18.4 Å². The van der Waals surface area contributed by atoms with Gasteiger partial charge in [0, 0.05) is 11.4 Å². The summed E-state index contributed by atoms with van der Waals surface area (Å²) in [7, 11) is 0. The number of rotatable bonds is 6. The molecular weight excluding hydrogens is 342 g/mol. The number of hydrogen-bond donors (Lipinski definition) is 3. The number of hydrogen-bond acceptors (Lipinski definition) is 5. The Labute approximate surface area is 149 Å². The molecule has 7 nitrogen and oxygen atoms in total. The van der Waals surface area contributed by atoms with E-state index in [4.69, 9.17) is 4.74 Å². The largest absolute Gasteiger partial charge is 0.450 e. The first-order valence-corrected chi connectivity index (χ1v) is 8.56. The number of carbonyl (C=O) groups is 3. The van der Waals surface area contributed by atoms with E-state index in [1.165, 1.54) is 11.3 Å². The second-order valence-electron chi connectivity index (χ2n) is 5.08. The minimum atomic E-state index is -0.688. The highest BCUT2D eigenvalue weighted by Crippen LogP contribution is 2.14. The molecule has 0 saturated carbocycles. The average Bonchev–Trinajstić information content (AvgIpc) is 3.11. The molecule has 2 rings (SSSR count). The summed E-state index contributed by atoms with van der Waals surface area (Å²) in [4.78, 5) is 36.0. The molecule has 0 unspecified atom stereocenters. The van der Waals surface area contributed by atoms with E-state index in [2.05, 4.69) is 16.0 Å². The van der Waals surface area contributed by atoms with Gasteiger partial charge in [-0.15, -0.1) is 11.3 Å². The lowest BCUT2D eigenvalue weighted by Gasteiger charge is -2.14. The summed E-state index contributed by atoms with van der Waals surface area (Å²) >= 11 is 1.31. The third-order valence-corrected chi connectivity index (χ3v) is 4.03. The molecule has 1 aromatic carbocycles. The van der Waals surface area contributed by atoms with Crippen LogP contribution in [-0.2, 0) is 9.53 Å². The molecule has 1 heterocycles. The molecule has 132 valence electrons. The number of thiophene rings is 1.